The first-order valence-electron chi connectivity index (χ1n) is 5.26. The van der Waals surface area contributed by atoms with Gasteiger partial charge in [-0.3, -0.25) is 4.98 Å². The Kier molecular flexibility index (Phi) is 3.32. The van der Waals surface area contributed by atoms with Gasteiger partial charge in [0.25, 0.3) is 0 Å². The molecule has 2 rings (SSSR count). The molecule has 1 heterocycles. The number of pyridine rings is 1. The molecule has 0 unspecified atom stereocenters. The van der Waals surface area contributed by atoms with Crippen molar-refractivity contribution in [2.45, 2.75) is 6.92 Å². The lowest BCUT2D eigenvalue weighted by molar-refractivity contribution is 1.30. The van der Waals surface area contributed by atoms with Gasteiger partial charge >= 0.3 is 0 Å². The Bertz CT molecular complexity index is 506. The second-order valence-corrected chi connectivity index (χ2v) is 3.53. The Hall–Kier alpha value is -2.11. The van der Waals surface area contributed by atoms with Crippen LogP contribution >= 0.6 is 0 Å². The van der Waals surface area contributed by atoms with Crippen LogP contribution in [0.5, 0.6) is 0 Å². The van der Waals surface area contributed by atoms with Gasteiger partial charge in [0.15, 0.2) is 0 Å². The lowest BCUT2D eigenvalue weighted by Crippen LogP contribution is -1.77. The normalized spacial score (nSPS) is 9.31. The molecule has 0 aliphatic carbocycles. The van der Waals surface area contributed by atoms with E-state index < -0.39 is 0 Å². The number of hydrogen-bond donors (Lipinski definition) is 0. The molecule has 0 atom stereocenters. The van der Waals surface area contributed by atoms with E-state index in [4.69, 9.17) is 0 Å². The molecule has 0 aliphatic rings. The van der Waals surface area contributed by atoms with Crippen LogP contribution in [0.25, 0.3) is 11.6 Å². The zero-order valence-corrected chi connectivity index (χ0v) is 9.22. The molecule has 0 saturated heterocycles. The summed E-state index contributed by atoms with van der Waals surface area (Å²) >= 11 is 0. The summed E-state index contributed by atoms with van der Waals surface area (Å²) in [5.74, 6) is 0. The number of allylic oxidation sites excluding steroid dienone is 1. The maximum absolute atomic E-state index is 4.21. The van der Waals surface area contributed by atoms with Crippen LogP contribution in [0.3, 0.4) is 0 Å². The Morgan fingerprint density at radius 2 is 1.81 bits per heavy atom. The van der Waals surface area contributed by atoms with E-state index in [1.165, 1.54) is 5.56 Å². The van der Waals surface area contributed by atoms with Crippen molar-refractivity contribution >= 4 is 11.6 Å². The summed E-state index contributed by atoms with van der Waals surface area (Å²) in [6.07, 6.45) is 3.69. The van der Waals surface area contributed by atoms with Crippen LogP contribution in [0.4, 0.5) is 0 Å². The molecule has 0 aliphatic heterocycles. The van der Waals surface area contributed by atoms with Crippen LogP contribution in [0.15, 0.2) is 60.5 Å². The summed E-state index contributed by atoms with van der Waals surface area (Å²) in [5.41, 5.74) is 6.48. The first kappa shape index (κ1) is 10.4. The largest absolute Gasteiger partial charge is 0.256 e. The maximum Gasteiger partial charge on any atom is 0.0706 e. The van der Waals surface area contributed by atoms with E-state index in [9.17, 15) is 0 Å². The summed E-state index contributed by atoms with van der Waals surface area (Å²) in [7, 11) is 0. The summed E-state index contributed by atoms with van der Waals surface area (Å²) in [6, 6.07) is 16.1. The Labute approximate surface area is 95.8 Å². The van der Waals surface area contributed by atoms with Crippen molar-refractivity contribution in [2.24, 2.45) is 0 Å². The number of hydrogen-bond acceptors (Lipinski definition) is 1. The minimum Gasteiger partial charge on any atom is -0.256 e. The number of nitrogens with zero attached hydrogens (tertiary/aromatic N) is 1. The average molecular weight is 207 g/mol. The van der Waals surface area contributed by atoms with Crippen LogP contribution < -0.4 is 0 Å². The molecule has 1 nitrogen and oxygen atoms in total. The highest BCUT2D eigenvalue weighted by molar-refractivity contribution is 5.66. The fourth-order valence-corrected chi connectivity index (χ4v) is 1.42. The van der Waals surface area contributed by atoms with Gasteiger partial charge in [0.2, 0.25) is 0 Å². The molecular formula is C15H13N. The van der Waals surface area contributed by atoms with E-state index in [0.717, 1.165) is 11.3 Å². The van der Waals surface area contributed by atoms with E-state index in [1.54, 1.807) is 6.20 Å². The van der Waals surface area contributed by atoms with Gasteiger partial charge in [0.1, 0.15) is 0 Å². The summed E-state index contributed by atoms with van der Waals surface area (Å²) < 4.78 is 0. The minimum absolute atomic E-state index is 0.929. The molecule has 0 spiro atoms. The lowest BCUT2D eigenvalue weighted by Gasteiger charge is -1.96. The highest BCUT2D eigenvalue weighted by atomic mass is 14.6. The molecule has 0 N–H and O–H groups in total. The SMILES string of the molecule is CC(=C=Cc1ccccn1)c1ccccc1. The molecular weight excluding hydrogens is 194 g/mol. The van der Waals surface area contributed by atoms with Gasteiger partial charge in [-0.15, -0.1) is 5.73 Å². The molecule has 0 fully saturated rings. The third kappa shape index (κ3) is 2.69. The summed E-state index contributed by atoms with van der Waals surface area (Å²) in [4.78, 5) is 4.21. The van der Waals surface area contributed by atoms with Crippen molar-refractivity contribution in [1.82, 2.24) is 4.98 Å². The van der Waals surface area contributed by atoms with Crippen LogP contribution in [0.2, 0.25) is 0 Å². The van der Waals surface area contributed by atoms with E-state index in [2.05, 4.69) is 29.8 Å². The van der Waals surface area contributed by atoms with Crippen molar-refractivity contribution in [3.8, 4) is 0 Å². The van der Waals surface area contributed by atoms with Crippen LogP contribution in [-0.2, 0) is 0 Å². The minimum atomic E-state index is 0.929. The predicted octanol–water partition coefficient (Wildman–Crippen LogP) is 3.80. The van der Waals surface area contributed by atoms with Gasteiger partial charge in [0, 0.05) is 12.3 Å². The molecule has 0 amide bonds. The van der Waals surface area contributed by atoms with Gasteiger partial charge in [-0.1, -0.05) is 36.4 Å². The molecule has 2 aromatic rings. The second kappa shape index (κ2) is 5.11. The van der Waals surface area contributed by atoms with Crippen molar-refractivity contribution in [2.75, 3.05) is 0 Å². The van der Waals surface area contributed by atoms with Gasteiger partial charge in [-0.25, -0.2) is 0 Å². The zero-order chi connectivity index (χ0) is 11.2. The average Bonchev–Trinajstić information content (AvgIpc) is 2.38. The van der Waals surface area contributed by atoms with Crippen LogP contribution in [0.1, 0.15) is 18.2 Å². The van der Waals surface area contributed by atoms with Gasteiger partial charge < -0.3 is 0 Å². The molecule has 0 radical (unpaired) electrons. The third-order valence-electron chi connectivity index (χ3n) is 2.33. The van der Waals surface area contributed by atoms with Crippen molar-refractivity contribution in [3.05, 3.63) is 71.7 Å². The molecule has 1 aromatic heterocycles. The van der Waals surface area contributed by atoms with Gasteiger partial charge in [-0.05, 0) is 30.2 Å². The van der Waals surface area contributed by atoms with E-state index >= 15 is 0 Å². The van der Waals surface area contributed by atoms with Crippen LogP contribution in [-0.4, -0.2) is 4.98 Å². The van der Waals surface area contributed by atoms with E-state index in [1.807, 2.05) is 42.5 Å². The number of benzene rings is 1. The Morgan fingerprint density at radius 1 is 1.06 bits per heavy atom. The monoisotopic (exact) mass is 207 g/mol. The lowest BCUT2D eigenvalue weighted by atomic mass is 10.1. The zero-order valence-electron chi connectivity index (χ0n) is 9.22. The van der Waals surface area contributed by atoms with Crippen molar-refractivity contribution in [3.63, 3.8) is 0 Å². The summed E-state index contributed by atoms with van der Waals surface area (Å²) in [6.45, 7) is 2.05. The second-order valence-electron chi connectivity index (χ2n) is 3.53. The van der Waals surface area contributed by atoms with E-state index in [-0.39, 0.29) is 0 Å². The Morgan fingerprint density at radius 3 is 2.50 bits per heavy atom. The molecule has 0 saturated carbocycles. The smallest absolute Gasteiger partial charge is 0.0706 e. The standard InChI is InChI=1S/C15H13N/c1-13(14-7-3-2-4-8-14)10-11-15-9-5-6-12-16-15/h2-9,11-12H,1H3. The van der Waals surface area contributed by atoms with Gasteiger partial charge in [-0.2, -0.15) is 0 Å². The first-order valence-corrected chi connectivity index (χ1v) is 5.26. The number of aromatic nitrogens is 1. The molecule has 16 heavy (non-hydrogen) atoms. The number of rotatable bonds is 2. The topological polar surface area (TPSA) is 12.9 Å². The highest BCUT2D eigenvalue weighted by Crippen LogP contribution is 2.11. The Balaban J connectivity index is 2.29. The molecule has 1 heteroatoms. The summed E-state index contributed by atoms with van der Waals surface area (Å²) in [5, 5.41) is 0. The molecule has 0 bridgehead atoms. The molecule has 1 aromatic carbocycles. The third-order valence-corrected chi connectivity index (χ3v) is 2.33. The predicted molar refractivity (Wildman–Crippen MR) is 67.7 cm³/mol. The maximum atomic E-state index is 4.21. The van der Waals surface area contributed by atoms with Crippen molar-refractivity contribution < 1.29 is 0 Å². The van der Waals surface area contributed by atoms with Crippen molar-refractivity contribution in [1.29, 1.82) is 0 Å². The fraction of sp³-hybridized carbons (Fsp3) is 0.0667. The molecule has 78 valence electrons. The van der Waals surface area contributed by atoms with Gasteiger partial charge in [0.05, 0.1) is 5.69 Å². The highest BCUT2D eigenvalue weighted by Gasteiger charge is 1.91. The quantitative estimate of drug-likeness (QED) is 0.682. The first-order chi connectivity index (χ1) is 7.86. The fourth-order valence-electron chi connectivity index (χ4n) is 1.42. The van der Waals surface area contributed by atoms with Crippen LogP contribution in [0, 0.1) is 0 Å². The van der Waals surface area contributed by atoms with E-state index in [0.29, 0.717) is 0 Å².